The van der Waals surface area contributed by atoms with Crippen LogP contribution in [-0.4, -0.2) is 83.6 Å². The topological polar surface area (TPSA) is 76.2 Å². The van der Waals surface area contributed by atoms with Crippen LogP contribution in [0.2, 0.25) is 0 Å². The summed E-state index contributed by atoms with van der Waals surface area (Å²) in [6.07, 6.45) is 44.7. The number of ether oxygens (including phenoxy) is 2. The van der Waals surface area contributed by atoms with Gasteiger partial charge in [0.05, 0.1) is 0 Å². The van der Waals surface area contributed by atoms with Gasteiger partial charge in [0.1, 0.15) is 12.2 Å². The van der Waals surface area contributed by atoms with Crippen molar-refractivity contribution in [3.8, 4) is 0 Å². The molecule has 0 radical (unpaired) electrons. The molecule has 0 aromatic carbocycles. The quantitative estimate of drug-likeness (QED) is 0.0339. The summed E-state index contributed by atoms with van der Waals surface area (Å²) in [5, 5.41) is 0. The van der Waals surface area contributed by atoms with E-state index >= 15 is 0 Å². The first-order valence-corrected chi connectivity index (χ1v) is 32.4. The molecule has 68 heavy (non-hydrogen) atoms. The second-order valence-electron chi connectivity index (χ2n) is 20.3. The Balaban J connectivity index is 5.22. The van der Waals surface area contributed by atoms with Crippen LogP contribution >= 0.6 is 21.6 Å². The molecule has 0 unspecified atom stereocenters. The van der Waals surface area contributed by atoms with E-state index in [1.165, 1.54) is 141 Å². The third-order valence-corrected chi connectivity index (χ3v) is 16.5. The first-order valence-electron chi connectivity index (χ1n) is 29.9. The van der Waals surface area contributed by atoms with Crippen LogP contribution in [0, 0.1) is 0 Å². The fourth-order valence-corrected chi connectivity index (χ4v) is 11.7. The Morgan fingerprint density at radius 2 is 0.721 bits per heavy atom. The molecular weight excluding hydrogens is 881 g/mol. The summed E-state index contributed by atoms with van der Waals surface area (Å²) in [6.45, 7) is 19.7. The second-order valence-corrected chi connectivity index (χ2v) is 23.0. The van der Waals surface area contributed by atoms with E-state index < -0.39 is 0 Å². The minimum absolute atomic E-state index is 0.0116. The smallest absolute Gasteiger partial charge is 0.306 e. The number of unbranched alkanes of at least 4 members (excludes halogenated alkanes) is 23. The van der Waals surface area contributed by atoms with Gasteiger partial charge in [0.25, 0.3) is 0 Å². The van der Waals surface area contributed by atoms with Crippen molar-refractivity contribution in [2.45, 2.75) is 324 Å². The minimum Gasteiger partial charge on any atom is -0.462 e. The van der Waals surface area contributed by atoms with Gasteiger partial charge in [-0.1, -0.05) is 218 Å². The molecule has 0 aliphatic heterocycles. The van der Waals surface area contributed by atoms with Crippen LogP contribution in [0.15, 0.2) is 0 Å². The van der Waals surface area contributed by atoms with E-state index in [1.807, 2.05) is 21.6 Å². The lowest BCUT2D eigenvalue weighted by atomic mass is 9.98. The SMILES string of the molecule is CCCCCCC(CCCCCC)OC(=O)CCCCCCCCC(CCCCCCCCC(=O)OC(CCCCCC)CCCCCC)N(CCCN(CC)CC)C(=O)CCSSCCCC. The number of hydrogen-bond donors (Lipinski definition) is 0. The molecule has 0 saturated heterocycles. The number of rotatable bonds is 54. The monoisotopic (exact) mass is 997 g/mol. The van der Waals surface area contributed by atoms with E-state index in [0.29, 0.717) is 31.2 Å². The van der Waals surface area contributed by atoms with Gasteiger partial charge in [-0.15, -0.1) is 0 Å². The highest BCUT2D eigenvalue weighted by Gasteiger charge is 2.23. The third kappa shape index (κ3) is 42.7. The maximum atomic E-state index is 14.1. The predicted molar refractivity (Wildman–Crippen MR) is 301 cm³/mol. The lowest BCUT2D eigenvalue weighted by Gasteiger charge is -2.33. The molecule has 0 atom stereocenters. The van der Waals surface area contributed by atoms with E-state index in [4.69, 9.17) is 9.47 Å². The van der Waals surface area contributed by atoms with Crippen LogP contribution in [0.3, 0.4) is 0 Å². The van der Waals surface area contributed by atoms with E-state index in [0.717, 1.165) is 134 Å². The van der Waals surface area contributed by atoms with E-state index in [9.17, 15) is 14.4 Å². The summed E-state index contributed by atoms with van der Waals surface area (Å²) in [6, 6.07) is 0.301. The molecule has 7 nitrogen and oxygen atoms in total. The second kappa shape index (κ2) is 52.4. The van der Waals surface area contributed by atoms with Crippen LogP contribution < -0.4 is 0 Å². The lowest BCUT2D eigenvalue weighted by Crippen LogP contribution is -2.42. The molecule has 9 heteroatoms. The normalized spacial score (nSPS) is 11.8. The van der Waals surface area contributed by atoms with Gasteiger partial charge in [-0.05, 0) is 110 Å². The van der Waals surface area contributed by atoms with Crippen molar-refractivity contribution >= 4 is 39.4 Å². The van der Waals surface area contributed by atoms with Crippen LogP contribution in [0.1, 0.15) is 305 Å². The van der Waals surface area contributed by atoms with Crippen molar-refractivity contribution in [3.63, 3.8) is 0 Å². The summed E-state index contributed by atoms with van der Waals surface area (Å²) in [5.74, 6) is 2.43. The summed E-state index contributed by atoms with van der Waals surface area (Å²) in [4.78, 5) is 44.6. The van der Waals surface area contributed by atoms with Crippen molar-refractivity contribution < 1.29 is 23.9 Å². The van der Waals surface area contributed by atoms with Gasteiger partial charge in [-0.2, -0.15) is 0 Å². The van der Waals surface area contributed by atoms with Crippen LogP contribution in [0.25, 0.3) is 0 Å². The zero-order valence-corrected chi connectivity index (χ0v) is 48.1. The number of esters is 2. The van der Waals surface area contributed by atoms with E-state index in [1.54, 1.807) is 0 Å². The molecule has 0 aliphatic carbocycles. The number of hydrogen-bond acceptors (Lipinski definition) is 8. The van der Waals surface area contributed by atoms with E-state index in [2.05, 4.69) is 58.3 Å². The highest BCUT2D eigenvalue weighted by Crippen LogP contribution is 2.26. The molecule has 0 rings (SSSR count). The molecule has 0 saturated carbocycles. The Hall–Kier alpha value is -0.930. The summed E-state index contributed by atoms with van der Waals surface area (Å²) < 4.78 is 12.1. The van der Waals surface area contributed by atoms with Gasteiger partial charge in [0, 0.05) is 43.4 Å². The van der Waals surface area contributed by atoms with Crippen LogP contribution in [0.4, 0.5) is 0 Å². The molecule has 0 aliphatic rings. The third-order valence-electron chi connectivity index (χ3n) is 14.0. The van der Waals surface area contributed by atoms with Crippen molar-refractivity contribution in [1.29, 1.82) is 0 Å². The average molecular weight is 998 g/mol. The highest BCUT2D eigenvalue weighted by atomic mass is 33.1. The van der Waals surface area contributed by atoms with E-state index in [-0.39, 0.29) is 24.1 Å². The highest BCUT2D eigenvalue weighted by molar-refractivity contribution is 8.76. The molecule has 0 N–H and O–H groups in total. The van der Waals surface area contributed by atoms with Crippen molar-refractivity contribution in [2.24, 2.45) is 0 Å². The number of amides is 1. The minimum atomic E-state index is 0.0116. The fourth-order valence-electron chi connectivity index (χ4n) is 9.49. The molecule has 0 heterocycles. The van der Waals surface area contributed by atoms with Gasteiger partial charge >= 0.3 is 11.9 Å². The standard InChI is InChI=1S/C59H116N2O5S2/c1-8-15-20-34-43-55(44-35-21-16-9-2)65-58(63)47-38-30-26-24-28-32-41-54(61(51-40-50-60(13-6)14-7)57(62)49-53-68-67-52-19-12-5)42-33-29-25-27-31-39-48-59(64)66-56(45-36-22-17-10-3)46-37-23-18-11-4/h54-56H,8-53H2,1-7H3. The van der Waals surface area contributed by atoms with Crippen LogP contribution in [-0.2, 0) is 23.9 Å². The Labute approximate surface area is 432 Å². The summed E-state index contributed by atoms with van der Waals surface area (Å²) >= 11 is 0. The van der Waals surface area contributed by atoms with Crippen molar-refractivity contribution in [3.05, 3.63) is 0 Å². The Morgan fingerprint density at radius 3 is 1.12 bits per heavy atom. The maximum Gasteiger partial charge on any atom is 0.306 e. The molecule has 0 aromatic rings. The van der Waals surface area contributed by atoms with Gasteiger partial charge in [-0.25, -0.2) is 0 Å². The molecular formula is C59H116N2O5S2. The molecule has 0 bridgehead atoms. The molecule has 1 amide bonds. The van der Waals surface area contributed by atoms with Gasteiger partial charge in [0.15, 0.2) is 0 Å². The predicted octanol–water partition coefficient (Wildman–Crippen LogP) is 18.4. The summed E-state index contributed by atoms with van der Waals surface area (Å²) in [7, 11) is 3.81. The zero-order valence-electron chi connectivity index (χ0n) is 46.5. The average Bonchev–Trinajstić information content (AvgIpc) is 3.33. The molecule has 0 fully saturated rings. The Bertz CT molecular complexity index is 1010. The number of nitrogens with zero attached hydrogens (tertiary/aromatic N) is 2. The maximum absolute atomic E-state index is 14.1. The van der Waals surface area contributed by atoms with Crippen molar-refractivity contribution in [1.82, 2.24) is 9.80 Å². The van der Waals surface area contributed by atoms with Gasteiger partial charge in [0.2, 0.25) is 5.91 Å². The van der Waals surface area contributed by atoms with Gasteiger partial charge in [-0.3, -0.25) is 14.4 Å². The zero-order chi connectivity index (χ0) is 50.0. The first-order chi connectivity index (χ1) is 33.3. The fraction of sp³-hybridized carbons (Fsp3) is 0.949. The Morgan fingerprint density at radius 1 is 0.368 bits per heavy atom. The molecule has 0 spiro atoms. The number of carbonyl (C=O) groups is 3. The molecule has 0 aromatic heterocycles. The Kier molecular flexibility index (Phi) is 51.7. The first kappa shape index (κ1) is 67.1. The molecule has 404 valence electrons. The largest absolute Gasteiger partial charge is 0.462 e. The van der Waals surface area contributed by atoms with Crippen molar-refractivity contribution in [2.75, 3.05) is 37.7 Å². The number of carbonyl (C=O) groups excluding carboxylic acids is 3. The summed E-state index contributed by atoms with van der Waals surface area (Å²) in [5.41, 5.74) is 0. The van der Waals surface area contributed by atoms with Gasteiger partial charge < -0.3 is 19.3 Å². The lowest BCUT2D eigenvalue weighted by molar-refractivity contribution is -0.151. The van der Waals surface area contributed by atoms with Crippen LogP contribution in [0.5, 0.6) is 0 Å².